The molecule has 1 aromatic rings. The quantitative estimate of drug-likeness (QED) is 0.504. The zero-order valence-electron chi connectivity index (χ0n) is 21.1. The van der Waals surface area contributed by atoms with Crippen LogP contribution in [0.4, 0.5) is 10.5 Å². The van der Waals surface area contributed by atoms with Crippen LogP contribution in [0.1, 0.15) is 44.1 Å². The first-order valence-corrected chi connectivity index (χ1v) is 12.9. The Morgan fingerprint density at radius 2 is 1.73 bits per heavy atom. The Hall–Kier alpha value is -3.63. The molecule has 5 amide bonds. The van der Waals surface area contributed by atoms with Crippen LogP contribution >= 0.6 is 0 Å². The van der Waals surface area contributed by atoms with Gasteiger partial charge in [0.15, 0.2) is 0 Å². The van der Waals surface area contributed by atoms with E-state index in [9.17, 15) is 24.0 Å². The molecule has 0 radical (unpaired) electrons. The van der Waals surface area contributed by atoms with Gasteiger partial charge in [0.05, 0.1) is 6.54 Å². The summed E-state index contributed by atoms with van der Waals surface area (Å²) >= 11 is 0. The van der Waals surface area contributed by atoms with Gasteiger partial charge in [0.2, 0.25) is 17.7 Å². The third-order valence-corrected chi connectivity index (χ3v) is 7.57. The second-order valence-electron chi connectivity index (χ2n) is 10.1. The second kappa shape index (κ2) is 11.6. The third-order valence-electron chi connectivity index (χ3n) is 7.57. The summed E-state index contributed by atoms with van der Waals surface area (Å²) in [5.41, 5.74) is 1.57. The van der Waals surface area contributed by atoms with Gasteiger partial charge >= 0.3 is 12.0 Å². The number of carboxylic acids is 1. The predicted molar refractivity (Wildman–Crippen MR) is 135 cm³/mol. The SMILES string of the molecule is Cc1ccccc1NC(=O)NC1CCN(CC(=O)N2CCC[C@H]2C(=O)N2CCC(CC(=O)O)CC2)C1=O. The van der Waals surface area contributed by atoms with Crippen LogP contribution in [0.5, 0.6) is 0 Å². The van der Waals surface area contributed by atoms with Gasteiger partial charge in [0.1, 0.15) is 12.1 Å². The average molecular weight is 514 g/mol. The molecule has 1 aromatic carbocycles. The molecule has 3 fully saturated rings. The topological polar surface area (TPSA) is 139 Å². The number of amides is 5. The van der Waals surface area contributed by atoms with Crippen LogP contribution in [0, 0.1) is 12.8 Å². The molecule has 0 saturated carbocycles. The average Bonchev–Trinajstić information content (AvgIpc) is 3.48. The van der Waals surface area contributed by atoms with Crippen LogP contribution in [-0.4, -0.2) is 94.3 Å². The summed E-state index contributed by atoms with van der Waals surface area (Å²) in [6.45, 7) is 3.56. The molecule has 200 valence electrons. The summed E-state index contributed by atoms with van der Waals surface area (Å²) in [5, 5.41) is 14.4. The number of carbonyl (C=O) groups is 5. The van der Waals surface area contributed by atoms with Gasteiger partial charge in [0, 0.05) is 38.3 Å². The van der Waals surface area contributed by atoms with E-state index in [1.165, 1.54) is 4.90 Å². The molecule has 3 aliphatic rings. The Balaban J connectivity index is 1.27. The Bertz CT molecular complexity index is 1050. The van der Waals surface area contributed by atoms with Crippen molar-refractivity contribution in [3.05, 3.63) is 29.8 Å². The molecule has 2 atom stereocenters. The lowest BCUT2D eigenvalue weighted by molar-refractivity contribution is -0.146. The molecule has 1 unspecified atom stereocenters. The maximum atomic E-state index is 13.2. The van der Waals surface area contributed by atoms with Gasteiger partial charge in [-0.1, -0.05) is 18.2 Å². The van der Waals surface area contributed by atoms with Gasteiger partial charge in [-0.2, -0.15) is 0 Å². The fourth-order valence-corrected chi connectivity index (χ4v) is 5.45. The predicted octanol–water partition coefficient (Wildman–Crippen LogP) is 1.42. The Morgan fingerprint density at radius 1 is 1.00 bits per heavy atom. The second-order valence-corrected chi connectivity index (χ2v) is 10.1. The largest absolute Gasteiger partial charge is 0.481 e. The molecule has 11 heteroatoms. The highest BCUT2D eigenvalue weighted by Crippen LogP contribution is 2.25. The van der Waals surface area contributed by atoms with Crippen molar-refractivity contribution < 1.29 is 29.1 Å². The highest BCUT2D eigenvalue weighted by Gasteiger charge is 2.40. The number of piperidine rings is 1. The summed E-state index contributed by atoms with van der Waals surface area (Å²) in [6.07, 6.45) is 3.11. The number of likely N-dealkylation sites (tertiary alicyclic amines) is 3. The first kappa shape index (κ1) is 26.4. The molecule has 4 rings (SSSR count). The number of nitrogens with zero attached hydrogens (tertiary/aromatic N) is 3. The molecule has 3 heterocycles. The molecule has 11 nitrogen and oxygen atoms in total. The van der Waals surface area contributed by atoms with Crippen molar-refractivity contribution in [2.24, 2.45) is 5.92 Å². The monoisotopic (exact) mass is 513 g/mol. The number of benzene rings is 1. The summed E-state index contributed by atoms with van der Waals surface area (Å²) in [7, 11) is 0. The fourth-order valence-electron chi connectivity index (χ4n) is 5.45. The Labute approximate surface area is 216 Å². The van der Waals surface area contributed by atoms with Crippen LogP contribution < -0.4 is 10.6 Å². The number of hydrogen-bond donors (Lipinski definition) is 3. The number of aliphatic carboxylic acids is 1. The van der Waals surface area contributed by atoms with E-state index in [2.05, 4.69) is 10.6 Å². The lowest BCUT2D eigenvalue weighted by Gasteiger charge is -2.35. The van der Waals surface area contributed by atoms with E-state index in [0.29, 0.717) is 57.5 Å². The van der Waals surface area contributed by atoms with Gasteiger partial charge in [-0.25, -0.2) is 4.79 Å². The van der Waals surface area contributed by atoms with Gasteiger partial charge in [-0.15, -0.1) is 0 Å². The number of aryl methyl sites for hydroxylation is 1. The zero-order valence-corrected chi connectivity index (χ0v) is 21.1. The van der Waals surface area contributed by atoms with Gasteiger partial charge in [-0.05, 0) is 56.6 Å². The van der Waals surface area contributed by atoms with E-state index in [1.807, 2.05) is 25.1 Å². The third kappa shape index (κ3) is 6.39. The zero-order chi connectivity index (χ0) is 26.5. The van der Waals surface area contributed by atoms with Crippen LogP contribution in [0.25, 0.3) is 0 Å². The molecule has 37 heavy (non-hydrogen) atoms. The number of hydrogen-bond acceptors (Lipinski definition) is 5. The number of carbonyl (C=O) groups excluding carboxylic acids is 4. The molecule has 0 bridgehead atoms. The van der Waals surface area contributed by atoms with Crippen molar-refractivity contribution in [2.45, 2.75) is 57.5 Å². The van der Waals surface area contributed by atoms with Crippen molar-refractivity contribution in [3.8, 4) is 0 Å². The van der Waals surface area contributed by atoms with E-state index >= 15 is 0 Å². The van der Waals surface area contributed by atoms with Crippen molar-refractivity contribution in [2.75, 3.05) is 38.0 Å². The van der Waals surface area contributed by atoms with E-state index in [0.717, 1.165) is 12.0 Å². The molecule has 0 aliphatic carbocycles. The maximum absolute atomic E-state index is 13.2. The minimum atomic E-state index is -0.821. The van der Waals surface area contributed by atoms with Crippen molar-refractivity contribution in [3.63, 3.8) is 0 Å². The highest BCUT2D eigenvalue weighted by molar-refractivity contribution is 5.96. The number of urea groups is 1. The molecule has 0 spiro atoms. The summed E-state index contributed by atoms with van der Waals surface area (Å²) in [5.74, 6) is -1.42. The molecule has 3 saturated heterocycles. The Morgan fingerprint density at radius 3 is 2.43 bits per heavy atom. The smallest absolute Gasteiger partial charge is 0.319 e. The number of para-hydroxylation sites is 1. The highest BCUT2D eigenvalue weighted by atomic mass is 16.4. The van der Waals surface area contributed by atoms with Gasteiger partial charge in [0.25, 0.3) is 0 Å². The number of nitrogens with one attached hydrogen (secondary N) is 2. The van der Waals surface area contributed by atoms with Crippen molar-refractivity contribution in [1.29, 1.82) is 0 Å². The summed E-state index contributed by atoms with van der Waals surface area (Å²) in [6, 6.07) is 5.61. The molecular weight excluding hydrogens is 478 g/mol. The van der Waals surface area contributed by atoms with Crippen LogP contribution in [0.2, 0.25) is 0 Å². The maximum Gasteiger partial charge on any atom is 0.319 e. The van der Waals surface area contributed by atoms with Gasteiger partial charge < -0.3 is 30.4 Å². The molecule has 3 aliphatic heterocycles. The van der Waals surface area contributed by atoms with E-state index in [1.54, 1.807) is 15.9 Å². The normalized spacial score (nSPS) is 22.3. The first-order chi connectivity index (χ1) is 17.7. The molecular formula is C26H35N5O6. The van der Waals surface area contributed by atoms with Crippen LogP contribution in [-0.2, 0) is 19.2 Å². The molecule has 0 aromatic heterocycles. The van der Waals surface area contributed by atoms with E-state index in [-0.39, 0.29) is 36.6 Å². The Kier molecular flexibility index (Phi) is 8.30. The first-order valence-electron chi connectivity index (χ1n) is 12.9. The van der Waals surface area contributed by atoms with Crippen LogP contribution in [0.3, 0.4) is 0 Å². The summed E-state index contributed by atoms with van der Waals surface area (Å²) < 4.78 is 0. The minimum Gasteiger partial charge on any atom is -0.481 e. The van der Waals surface area contributed by atoms with E-state index in [4.69, 9.17) is 5.11 Å². The van der Waals surface area contributed by atoms with Crippen LogP contribution in [0.15, 0.2) is 24.3 Å². The minimum absolute atomic E-state index is 0.0735. The number of anilines is 1. The van der Waals surface area contributed by atoms with E-state index < -0.39 is 24.1 Å². The molecule has 3 N–H and O–H groups in total. The van der Waals surface area contributed by atoms with Crippen molar-refractivity contribution >= 4 is 35.4 Å². The van der Waals surface area contributed by atoms with Crippen molar-refractivity contribution in [1.82, 2.24) is 20.0 Å². The number of carboxylic acid groups (broad SMARTS) is 1. The lowest BCUT2D eigenvalue weighted by atomic mass is 9.93. The fraction of sp³-hybridized carbons (Fsp3) is 0.577. The number of rotatable bonds is 7. The standard InChI is InChI=1S/C26H35N5O6/c1-17-5-2-3-6-19(17)27-26(37)28-20-10-14-30(24(20)35)16-22(32)31-11-4-7-21(31)25(36)29-12-8-18(9-13-29)15-23(33)34/h2-3,5-6,18,20-21H,4,7-16H2,1H3,(H,33,34)(H2,27,28,37)/t20?,21-/m0/s1. The van der Waals surface area contributed by atoms with Gasteiger partial charge in [-0.3, -0.25) is 19.2 Å². The summed E-state index contributed by atoms with van der Waals surface area (Å²) in [4.78, 5) is 67.3. The lowest BCUT2D eigenvalue weighted by Crippen LogP contribution is -2.52.